The Balaban J connectivity index is 0.000000200. The fraction of sp³-hybridized carbons (Fsp3) is 0.349. The Labute approximate surface area is 354 Å². The minimum atomic E-state index is -1.08. The normalized spacial score (nSPS) is 18.9. The Hall–Kier alpha value is -3.94. The number of benzene rings is 4. The van der Waals surface area contributed by atoms with Gasteiger partial charge in [-0.15, -0.1) is 0 Å². The molecule has 4 heterocycles. The van der Waals surface area contributed by atoms with Gasteiger partial charge in [-0.25, -0.2) is 4.98 Å². The molecule has 57 heavy (non-hydrogen) atoms. The zero-order valence-electron chi connectivity index (χ0n) is 32.3. The molecule has 10 nitrogen and oxygen atoms in total. The summed E-state index contributed by atoms with van der Waals surface area (Å²) in [6.07, 6.45) is 6.10. The van der Waals surface area contributed by atoms with Crippen molar-refractivity contribution in [3.05, 3.63) is 124 Å². The van der Waals surface area contributed by atoms with Gasteiger partial charge in [0.25, 0.3) is 0 Å². The summed E-state index contributed by atoms with van der Waals surface area (Å²) >= 11 is 20.7. The number of nitrogens with zero attached hydrogens (tertiary/aromatic N) is 6. The van der Waals surface area contributed by atoms with E-state index in [0.717, 1.165) is 62.1 Å². The van der Waals surface area contributed by atoms with Gasteiger partial charge in [-0.3, -0.25) is 4.79 Å². The van der Waals surface area contributed by atoms with Gasteiger partial charge in [0.05, 0.1) is 35.9 Å². The van der Waals surface area contributed by atoms with E-state index in [1.165, 1.54) is 21.2 Å². The summed E-state index contributed by atoms with van der Waals surface area (Å²) in [5.41, 5.74) is 4.34. The zero-order valence-corrected chi connectivity index (χ0v) is 35.4. The van der Waals surface area contributed by atoms with Crippen LogP contribution >= 0.6 is 46.6 Å². The number of para-hydroxylation sites is 1. The highest BCUT2D eigenvalue weighted by Gasteiger charge is 2.45. The predicted octanol–water partition coefficient (Wildman–Crippen LogP) is 9.10. The molecule has 1 aromatic heterocycles. The minimum absolute atomic E-state index is 0.129. The maximum atomic E-state index is 11.6. The SMILES string of the molecule is CC(=O)N1CCN(c2ccc(OC[C@H]3CO[C@](Cn4ccnc4)(c4ccc(Cl)cc4Cl)O3)cc2)CC1.CN(C)CCCN1c2ccccc2Sc2ccc(Cl)cc21. The second-order valence-electron chi connectivity index (χ2n) is 14.5. The van der Waals surface area contributed by atoms with Crippen LogP contribution in [-0.2, 0) is 26.6 Å². The van der Waals surface area contributed by atoms with E-state index in [1.54, 1.807) is 31.6 Å². The fourth-order valence-corrected chi connectivity index (χ4v) is 8.98. The molecule has 4 aromatic carbocycles. The number of imidazole rings is 1. The van der Waals surface area contributed by atoms with Crippen LogP contribution in [0.15, 0.2) is 113 Å². The number of fused-ring (bicyclic) bond motifs is 2. The number of piperazine rings is 1. The molecule has 0 spiro atoms. The minimum Gasteiger partial charge on any atom is -0.491 e. The molecule has 2 atom stereocenters. The molecule has 8 rings (SSSR count). The van der Waals surface area contributed by atoms with Crippen LogP contribution in [0.25, 0.3) is 0 Å². The maximum absolute atomic E-state index is 11.6. The number of anilines is 3. The number of hydrogen-bond donors (Lipinski definition) is 0. The molecule has 0 unspecified atom stereocenters. The number of amides is 1. The third kappa shape index (κ3) is 10.2. The first-order chi connectivity index (χ1) is 27.6. The molecular formula is C43H47Cl3N6O4S. The fourth-order valence-electron chi connectivity index (χ4n) is 7.19. The Kier molecular flexibility index (Phi) is 13.6. The Morgan fingerprint density at radius 3 is 2.39 bits per heavy atom. The number of aromatic nitrogens is 2. The quantitative estimate of drug-likeness (QED) is 0.130. The molecule has 5 aromatic rings. The lowest BCUT2D eigenvalue weighted by Crippen LogP contribution is -2.48. The molecule has 14 heteroatoms. The van der Waals surface area contributed by atoms with Crippen molar-refractivity contribution < 1.29 is 19.0 Å². The lowest BCUT2D eigenvalue weighted by Gasteiger charge is -2.35. The molecule has 0 radical (unpaired) electrons. The summed E-state index contributed by atoms with van der Waals surface area (Å²) in [6, 6.07) is 28.1. The van der Waals surface area contributed by atoms with Gasteiger partial charge in [-0.1, -0.05) is 64.8 Å². The van der Waals surface area contributed by atoms with Crippen LogP contribution in [0.3, 0.4) is 0 Å². The Morgan fingerprint density at radius 1 is 0.930 bits per heavy atom. The van der Waals surface area contributed by atoms with Crippen LogP contribution in [0.1, 0.15) is 18.9 Å². The number of ether oxygens (including phenoxy) is 3. The smallest absolute Gasteiger partial charge is 0.219 e. The van der Waals surface area contributed by atoms with Crippen molar-refractivity contribution in [3.8, 4) is 5.75 Å². The second-order valence-corrected chi connectivity index (χ2v) is 16.8. The van der Waals surface area contributed by atoms with Gasteiger partial charge >= 0.3 is 0 Å². The van der Waals surface area contributed by atoms with Gasteiger partial charge in [-0.05, 0) is 93.8 Å². The number of carbonyl (C=O) groups excluding carboxylic acids is 1. The highest BCUT2D eigenvalue weighted by Crippen LogP contribution is 2.48. The van der Waals surface area contributed by atoms with Crippen molar-refractivity contribution in [2.45, 2.75) is 41.6 Å². The van der Waals surface area contributed by atoms with Crippen molar-refractivity contribution >= 4 is 69.5 Å². The molecule has 0 saturated carbocycles. The summed E-state index contributed by atoms with van der Waals surface area (Å²) in [5.74, 6) is -0.201. The molecule has 0 N–H and O–H groups in total. The van der Waals surface area contributed by atoms with Crippen molar-refractivity contribution in [1.29, 1.82) is 0 Å². The van der Waals surface area contributed by atoms with Crippen LogP contribution < -0.4 is 14.5 Å². The zero-order chi connectivity index (χ0) is 39.9. The van der Waals surface area contributed by atoms with Crippen molar-refractivity contribution in [2.24, 2.45) is 0 Å². The third-order valence-corrected chi connectivity index (χ3v) is 12.0. The predicted molar refractivity (Wildman–Crippen MR) is 230 cm³/mol. The van der Waals surface area contributed by atoms with E-state index in [0.29, 0.717) is 35.4 Å². The highest BCUT2D eigenvalue weighted by molar-refractivity contribution is 7.99. The summed E-state index contributed by atoms with van der Waals surface area (Å²) < 4.78 is 20.6. The number of hydrogen-bond acceptors (Lipinski definition) is 9. The maximum Gasteiger partial charge on any atom is 0.219 e. The monoisotopic (exact) mass is 848 g/mol. The third-order valence-electron chi connectivity index (χ3n) is 10.1. The molecule has 3 aliphatic heterocycles. The van der Waals surface area contributed by atoms with Crippen molar-refractivity contribution in [1.82, 2.24) is 19.4 Å². The van der Waals surface area contributed by atoms with Crippen molar-refractivity contribution in [3.63, 3.8) is 0 Å². The van der Waals surface area contributed by atoms with Gasteiger partial charge in [-0.2, -0.15) is 0 Å². The van der Waals surface area contributed by atoms with Crippen LogP contribution in [0, 0.1) is 0 Å². The van der Waals surface area contributed by atoms with E-state index in [2.05, 4.69) is 70.2 Å². The molecule has 300 valence electrons. The molecule has 3 aliphatic rings. The van der Waals surface area contributed by atoms with Crippen LogP contribution in [-0.4, -0.2) is 97.9 Å². The summed E-state index contributed by atoms with van der Waals surface area (Å²) in [7, 11) is 4.23. The molecule has 0 aliphatic carbocycles. The molecular weight excluding hydrogens is 803 g/mol. The van der Waals surface area contributed by atoms with Crippen molar-refractivity contribution in [2.75, 3.05) is 76.4 Å². The highest BCUT2D eigenvalue weighted by atomic mass is 35.5. The number of carbonyl (C=O) groups is 1. The van der Waals surface area contributed by atoms with E-state index in [4.69, 9.17) is 49.0 Å². The van der Waals surface area contributed by atoms with E-state index in [-0.39, 0.29) is 12.0 Å². The summed E-state index contributed by atoms with van der Waals surface area (Å²) in [4.78, 5) is 27.1. The van der Waals surface area contributed by atoms with Gasteiger partial charge < -0.3 is 38.4 Å². The first-order valence-electron chi connectivity index (χ1n) is 19.0. The molecule has 1 amide bonds. The first kappa shape index (κ1) is 41.2. The molecule has 2 saturated heterocycles. The van der Waals surface area contributed by atoms with Gasteiger partial charge in [0, 0.05) is 83.1 Å². The lowest BCUT2D eigenvalue weighted by molar-refractivity contribution is -0.189. The van der Waals surface area contributed by atoms with Crippen LogP contribution in [0.5, 0.6) is 5.75 Å². The van der Waals surface area contributed by atoms with Gasteiger partial charge in [0.2, 0.25) is 11.7 Å². The van der Waals surface area contributed by atoms with E-state index >= 15 is 0 Å². The van der Waals surface area contributed by atoms with Gasteiger partial charge in [0.1, 0.15) is 18.5 Å². The summed E-state index contributed by atoms with van der Waals surface area (Å²) in [6.45, 7) is 7.89. The van der Waals surface area contributed by atoms with E-state index in [9.17, 15) is 4.79 Å². The van der Waals surface area contributed by atoms with Gasteiger partial charge in [0.15, 0.2) is 0 Å². The summed E-state index contributed by atoms with van der Waals surface area (Å²) in [5, 5.41) is 1.82. The average molecular weight is 850 g/mol. The Morgan fingerprint density at radius 2 is 1.67 bits per heavy atom. The number of rotatable bonds is 11. The lowest BCUT2D eigenvalue weighted by atomic mass is 10.1. The standard InChI is InChI=1S/C26H28Cl2N4O4.C17H19ClN2S/c1-19(33)31-10-12-32(13-11-31)21-3-5-22(6-4-21)34-15-23-16-35-26(36-23,17-30-9-8-29-18-30)24-7-2-20(27)14-25(24)28;1-19(2)10-5-11-20-14-6-3-4-7-16(14)21-17-9-8-13(18)12-15(17)20/h2-9,14,18,23H,10-13,15-17H2,1H3;3-4,6-9,12H,5,10-11H2,1-2H3/t23-,26-;/m0./s1. The average Bonchev–Trinajstić information content (AvgIpc) is 3.88. The Bertz CT molecular complexity index is 2120. The molecule has 2 fully saturated rings. The van der Waals surface area contributed by atoms with Crippen LogP contribution in [0.4, 0.5) is 17.1 Å². The largest absolute Gasteiger partial charge is 0.491 e. The van der Waals surface area contributed by atoms with E-state index < -0.39 is 5.79 Å². The number of halogens is 3. The first-order valence-corrected chi connectivity index (χ1v) is 21.0. The van der Waals surface area contributed by atoms with Crippen LogP contribution in [0.2, 0.25) is 15.1 Å². The topological polar surface area (TPSA) is 75.5 Å². The van der Waals surface area contributed by atoms with E-state index in [1.807, 2.05) is 63.8 Å². The molecule has 0 bridgehead atoms. The second kappa shape index (κ2) is 18.8.